The number of hydrogen-bond acceptors (Lipinski definition) is 3. The van der Waals surface area contributed by atoms with Crippen LogP contribution in [0.4, 0.5) is 0 Å². The van der Waals surface area contributed by atoms with E-state index in [1.807, 2.05) is 11.3 Å². The molecule has 10 aromatic carbocycles. The number of hydrogen-bond donors (Lipinski definition) is 0. The lowest BCUT2D eigenvalue weighted by atomic mass is 9.96. The van der Waals surface area contributed by atoms with E-state index in [0.29, 0.717) is 5.95 Å². The van der Waals surface area contributed by atoms with Crippen molar-refractivity contribution in [1.82, 2.24) is 18.9 Å². The summed E-state index contributed by atoms with van der Waals surface area (Å²) in [6, 6.07) is 71.0. The first-order valence-electron chi connectivity index (χ1n) is 21.5. The molecule has 15 rings (SSSR count). The van der Waals surface area contributed by atoms with Crippen LogP contribution in [0.25, 0.3) is 141 Å². The van der Waals surface area contributed by atoms with Gasteiger partial charge in [-0.3, -0.25) is 4.57 Å². The molecule has 5 heteroatoms. The highest BCUT2D eigenvalue weighted by atomic mass is 32.1. The van der Waals surface area contributed by atoms with Gasteiger partial charge in [0.15, 0.2) is 0 Å². The van der Waals surface area contributed by atoms with Crippen LogP contribution in [0.1, 0.15) is 0 Å². The third kappa shape index (κ3) is 4.48. The zero-order chi connectivity index (χ0) is 40.9. The molecule has 0 saturated heterocycles. The van der Waals surface area contributed by atoms with Crippen LogP contribution >= 0.6 is 11.3 Å². The second-order valence-electron chi connectivity index (χ2n) is 16.9. The van der Waals surface area contributed by atoms with Crippen molar-refractivity contribution in [3.05, 3.63) is 194 Å². The monoisotopic (exact) mass is 816 g/mol. The fraction of sp³-hybridized carbons (Fsp3) is 0. The van der Waals surface area contributed by atoms with Gasteiger partial charge >= 0.3 is 0 Å². The van der Waals surface area contributed by atoms with Gasteiger partial charge in [0, 0.05) is 74.2 Å². The molecule has 0 fully saturated rings. The molecule has 5 heterocycles. The predicted molar refractivity (Wildman–Crippen MR) is 267 cm³/mol. The number of nitrogens with zero attached hydrogens (tertiary/aromatic N) is 4. The van der Waals surface area contributed by atoms with E-state index in [-0.39, 0.29) is 0 Å². The lowest BCUT2D eigenvalue weighted by molar-refractivity contribution is 1.02. The summed E-state index contributed by atoms with van der Waals surface area (Å²) < 4.78 is 7.45. The van der Waals surface area contributed by atoms with Crippen LogP contribution in [-0.2, 0) is 0 Å². The maximum Gasteiger partial charge on any atom is 0.235 e. The van der Waals surface area contributed by atoms with Crippen LogP contribution in [0, 0.1) is 0 Å². The third-order valence-corrected chi connectivity index (χ3v) is 14.8. The number of fused-ring (bicyclic) bond motifs is 18. The number of aromatic nitrogens is 4. The fourth-order valence-electron chi connectivity index (χ4n) is 10.9. The van der Waals surface area contributed by atoms with E-state index in [1.165, 1.54) is 90.9 Å². The quantitative estimate of drug-likeness (QED) is 0.167. The first kappa shape index (κ1) is 33.6. The molecule has 0 aliphatic carbocycles. The van der Waals surface area contributed by atoms with Gasteiger partial charge in [0.2, 0.25) is 5.95 Å². The number of thiophene rings is 1. The largest absolute Gasteiger partial charge is 0.308 e. The Balaban J connectivity index is 1.02. The number of para-hydroxylation sites is 2. The maximum absolute atomic E-state index is 5.43. The minimum atomic E-state index is 0.662. The van der Waals surface area contributed by atoms with E-state index < -0.39 is 0 Å². The smallest absolute Gasteiger partial charge is 0.235 e. The normalized spacial score (nSPS) is 12.4. The highest BCUT2D eigenvalue weighted by Gasteiger charge is 2.23. The highest BCUT2D eigenvalue weighted by Crippen LogP contribution is 2.48. The summed E-state index contributed by atoms with van der Waals surface area (Å²) in [6.07, 6.45) is 0. The molecule has 0 bridgehead atoms. The van der Waals surface area contributed by atoms with Gasteiger partial charge in [-0.1, -0.05) is 140 Å². The number of benzene rings is 10. The fourth-order valence-corrected chi connectivity index (χ4v) is 12.1. The lowest BCUT2D eigenvalue weighted by Gasteiger charge is -2.13. The van der Waals surface area contributed by atoms with Gasteiger partial charge in [0.25, 0.3) is 0 Å². The topological polar surface area (TPSA) is 35.1 Å². The molecule has 0 atom stereocenters. The molecule has 290 valence electrons. The van der Waals surface area contributed by atoms with Crippen molar-refractivity contribution in [3.63, 3.8) is 0 Å². The predicted octanol–water partition coefficient (Wildman–Crippen LogP) is 15.9. The summed E-state index contributed by atoms with van der Waals surface area (Å²) in [5.41, 5.74) is 11.2. The van der Waals surface area contributed by atoms with Crippen LogP contribution < -0.4 is 0 Å². The summed E-state index contributed by atoms with van der Waals surface area (Å²) in [7, 11) is 0. The Morgan fingerprint density at radius 3 is 1.90 bits per heavy atom. The second kappa shape index (κ2) is 12.3. The average molecular weight is 817 g/mol. The molecular weight excluding hydrogens is 785 g/mol. The van der Waals surface area contributed by atoms with E-state index in [0.717, 1.165) is 44.0 Å². The van der Waals surface area contributed by atoms with Crippen molar-refractivity contribution in [2.45, 2.75) is 0 Å². The van der Waals surface area contributed by atoms with Crippen molar-refractivity contribution < 1.29 is 0 Å². The average Bonchev–Trinajstić information content (AvgIpc) is 4.09. The van der Waals surface area contributed by atoms with Crippen LogP contribution in [0.2, 0.25) is 0 Å². The summed E-state index contributed by atoms with van der Waals surface area (Å²) in [5.74, 6) is 0.662. The Labute approximate surface area is 363 Å². The highest BCUT2D eigenvalue weighted by molar-refractivity contribution is 7.26. The van der Waals surface area contributed by atoms with Gasteiger partial charge in [0.1, 0.15) is 0 Å². The molecule has 63 heavy (non-hydrogen) atoms. The van der Waals surface area contributed by atoms with Crippen LogP contribution in [0.5, 0.6) is 0 Å². The zero-order valence-electron chi connectivity index (χ0n) is 33.7. The van der Waals surface area contributed by atoms with Gasteiger partial charge in [-0.05, 0) is 76.5 Å². The van der Waals surface area contributed by atoms with E-state index in [9.17, 15) is 0 Å². The molecular formula is C58H32N4S. The first-order chi connectivity index (χ1) is 31.2. The molecule has 0 radical (unpaired) electrons. The molecule has 0 N–H and O–H groups in total. The van der Waals surface area contributed by atoms with Crippen LogP contribution in [0.15, 0.2) is 194 Å². The summed E-state index contributed by atoms with van der Waals surface area (Å²) in [4.78, 5) is 10.8. The molecule has 0 aliphatic heterocycles. The Morgan fingerprint density at radius 2 is 1.02 bits per heavy atom. The standard InChI is InChI=1S/C58H32N4S/c1-2-13-35(14-3-1)54-43-27-22-33-12-4-5-15-38(33)55(43)60-58(59-54)62-48-20-10-6-16-39(48)44-30-36(25-28-49(44)62)37-31-45-40-17-7-9-19-47(40)61-50-29-24-34-23-26-42-41-18-8-11-21-51(41)63-57(42)52(34)53(50)46(32-37)56(45)61/h1-32H. The van der Waals surface area contributed by atoms with E-state index in [2.05, 4.69) is 203 Å². The van der Waals surface area contributed by atoms with Gasteiger partial charge in [-0.2, -0.15) is 0 Å². The number of rotatable bonds is 3. The molecule has 0 saturated carbocycles. The minimum Gasteiger partial charge on any atom is -0.308 e. The Kier molecular flexibility index (Phi) is 6.53. The van der Waals surface area contributed by atoms with Gasteiger partial charge in [-0.15, -0.1) is 11.3 Å². The van der Waals surface area contributed by atoms with Gasteiger partial charge in [0.05, 0.1) is 38.8 Å². The van der Waals surface area contributed by atoms with Crippen molar-refractivity contribution in [2.75, 3.05) is 0 Å². The van der Waals surface area contributed by atoms with Crippen LogP contribution in [-0.4, -0.2) is 18.9 Å². The van der Waals surface area contributed by atoms with Gasteiger partial charge in [-0.25, -0.2) is 9.97 Å². The molecule has 0 aliphatic rings. The van der Waals surface area contributed by atoms with Crippen molar-refractivity contribution in [1.29, 1.82) is 0 Å². The SMILES string of the molecule is c1ccc(-c2nc(-n3c4ccccc4c4cc(-c5cc6c7ccccc7n7c8ccc9ccc%10c%11ccccc%11sc%10c9c8c(c5)c67)ccc43)nc3c2ccc2ccccc23)cc1. The molecule has 0 amide bonds. The Morgan fingerprint density at radius 1 is 0.365 bits per heavy atom. The van der Waals surface area contributed by atoms with Crippen molar-refractivity contribution in [2.24, 2.45) is 0 Å². The molecule has 5 aromatic heterocycles. The van der Waals surface area contributed by atoms with E-state index in [1.54, 1.807) is 0 Å². The Hall–Kier alpha value is -8.12. The maximum atomic E-state index is 5.43. The minimum absolute atomic E-state index is 0.662. The van der Waals surface area contributed by atoms with Crippen molar-refractivity contribution in [3.8, 4) is 28.3 Å². The van der Waals surface area contributed by atoms with E-state index >= 15 is 0 Å². The lowest BCUT2D eigenvalue weighted by Crippen LogP contribution is -2.03. The van der Waals surface area contributed by atoms with E-state index in [4.69, 9.17) is 9.97 Å². The molecule has 15 aromatic rings. The second-order valence-corrected chi connectivity index (χ2v) is 17.9. The molecule has 0 spiro atoms. The van der Waals surface area contributed by atoms with Crippen LogP contribution in [0.3, 0.4) is 0 Å². The first-order valence-corrected chi connectivity index (χ1v) is 22.3. The Bertz CT molecular complexity index is 4440. The van der Waals surface area contributed by atoms with Crippen molar-refractivity contribution >= 4 is 124 Å². The third-order valence-electron chi connectivity index (χ3n) is 13.6. The summed E-state index contributed by atoms with van der Waals surface area (Å²) >= 11 is 1.91. The zero-order valence-corrected chi connectivity index (χ0v) is 34.5. The molecule has 0 unspecified atom stereocenters. The summed E-state index contributed by atoms with van der Waals surface area (Å²) in [5, 5.41) is 16.1. The van der Waals surface area contributed by atoms with Gasteiger partial charge < -0.3 is 4.40 Å². The summed E-state index contributed by atoms with van der Waals surface area (Å²) in [6.45, 7) is 0. The molecule has 4 nitrogen and oxygen atoms in total.